The normalized spacial score (nSPS) is 10.4. The van der Waals surface area contributed by atoms with E-state index in [4.69, 9.17) is 31.1 Å². The number of nitrogens with one attached hydrogen (secondary N) is 2. The van der Waals surface area contributed by atoms with Crippen LogP contribution in [-0.4, -0.2) is 11.7 Å². The Balaban J connectivity index is 0.00000131. The van der Waals surface area contributed by atoms with Crippen LogP contribution >= 0.6 is 24.8 Å². The summed E-state index contributed by atoms with van der Waals surface area (Å²) in [5, 5.41) is 16.8. The highest BCUT2D eigenvalue weighted by molar-refractivity contribution is 5.99. The zero-order valence-corrected chi connectivity index (χ0v) is 15.7. The van der Waals surface area contributed by atoms with Crippen LogP contribution in [-0.2, 0) is 6.42 Å². The summed E-state index contributed by atoms with van der Waals surface area (Å²) in [5.41, 5.74) is 13.9. The summed E-state index contributed by atoms with van der Waals surface area (Å²) in [7, 11) is 0. The summed E-state index contributed by atoms with van der Waals surface area (Å²) in [6, 6.07) is 14.7. The molecule has 2 heterocycles. The number of benzene rings is 2. The Kier molecular flexibility index (Phi) is 5.83. The zero-order chi connectivity index (χ0) is 17.6. The van der Waals surface area contributed by atoms with Crippen LogP contribution in [0.3, 0.4) is 0 Å². The van der Waals surface area contributed by atoms with Gasteiger partial charge in [0.15, 0.2) is 0 Å². The Hall–Kier alpha value is -2.96. The monoisotopic (exact) mass is 404 g/mol. The molecule has 4 aromatic rings. The first-order valence-electron chi connectivity index (χ1n) is 7.73. The molecule has 0 amide bonds. The number of nitrogens with two attached hydrogens (primary N) is 2. The van der Waals surface area contributed by atoms with Crippen LogP contribution in [0.5, 0.6) is 0 Å². The van der Waals surface area contributed by atoms with E-state index in [1.807, 2.05) is 36.4 Å². The lowest BCUT2D eigenvalue weighted by Crippen LogP contribution is -2.10. The molecular formula is C19H18Cl2N4O2. The van der Waals surface area contributed by atoms with Crippen LogP contribution in [0.15, 0.2) is 57.4 Å². The van der Waals surface area contributed by atoms with E-state index in [9.17, 15) is 0 Å². The number of nitrogen functional groups attached to an aromatic ring is 2. The van der Waals surface area contributed by atoms with Crippen molar-refractivity contribution in [2.24, 2.45) is 11.5 Å². The fourth-order valence-corrected chi connectivity index (χ4v) is 2.88. The second kappa shape index (κ2) is 7.73. The Morgan fingerprint density at radius 3 is 1.48 bits per heavy atom. The molecule has 2 aromatic carbocycles. The maximum atomic E-state index is 7.51. The highest BCUT2D eigenvalue weighted by Crippen LogP contribution is 2.26. The molecule has 0 saturated carbocycles. The van der Waals surface area contributed by atoms with Gasteiger partial charge in [0.1, 0.15) is 34.4 Å². The molecule has 0 spiro atoms. The van der Waals surface area contributed by atoms with E-state index < -0.39 is 0 Å². The van der Waals surface area contributed by atoms with Crippen LogP contribution in [0, 0.1) is 10.8 Å². The molecule has 0 aliphatic rings. The SMILES string of the molecule is Cl.Cl.N=C(N)c1ccc2oc(Cc3cc4cc(C(=N)N)ccc4o3)cc2c1. The number of amidine groups is 2. The molecular weight excluding hydrogens is 387 g/mol. The van der Waals surface area contributed by atoms with Gasteiger partial charge in [-0.3, -0.25) is 10.8 Å². The first kappa shape index (κ1) is 20.4. The minimum atomic E-state index is 0. The van der Waals surface area contributed by atoms with Gasteiger partial charge in [0, 0.05) is 21.9 Å². The molecule has 0 unspecified atom stereocenters. The van der Waals surface area contributed by atoms with Gasteiger partial charge in [0.05, 0.1) is 6.42 Å². The minimum absolute atomic E-state index is 0. The number of rotatable bonds is 4. The fraction of sp³-hybridized carbons (Fsp3) is 0.0526. The summed E-state index contributed by atoms with van der Waals surface area (Å²) in [4.78, 5) is 0. The Bertz CT molecular complexity index is 1060. The van der Waals surface area contributed by atoms with Crippen molar-refractivity contribution in [1.29, 1.82) is 10.8 Å². The van der Waals surface area contributed by atoms with Crippen LogP contribution in [0.4, 0.5) is 0 Å². The molecule has 8 heteroatoms. The number of halogens is 2. The van der Waals surface area contributed by atoms with Crippen molar-refractivity contribution in [3.63, 3.8) is 0 Å². The van der Waals surface area contributed by atoms with Gasteiger partial charge in [-0.2, -0.15) is 0 Å². The topological polar surface area (TPSA) is 126 Å². The van der Waals surface area contributed by atoms with E-state index in [0.717, 1.165) is 33.5 Å². The van der Waals surface area contributed by atoms with Crippen molar-refractivity contribution >= 4 is 58.4 Å². The highest BCUT2D eigenvalue weighted by atomic mass is 35.5. The summed E-state index contributed by atoms with van der Waals surface area (Å²) in [6.45, 7) is 0. The van der Waals surface area contributed by atoms with Gasteiger partial charge in [-0.25, -0.2) is 0 Å². The molecule has 0 saturated heterocycles. The molecule has 2 aromatic heterocycles. The van der Waals surface area contributed by atoms with Crippen molar-refractivity contribution in [3.8, 4) is 0 Å². The molecule has 0 bridgehead atoms. The summed E-state index contributed by atoms with van der Waals surface area (Å²) < 4.78 is 11.7. The number of fused-ring (bicyclic) bond motifs is 2. The molecule has 6 N–H and O–H groups in total. The van der Waals surface area contributed by atoms with Crippen molar-refractivity contribution < 1.29 is 8.83 Å². The maximum absolute atomic E-state index is 7.51. The number of hydrogen-bond donors (Lipinski definition) is 4. The van der Waals surface area contributed by atoms with E-state index in [2.05, 4.69) is 0 Å². The molecule has 0 radical (unpaired) electrons. The van der Waals surface area contributed by atoms with Crippen molar-refractivity contribution in [3.05, 3.63) is 71.2 Å². The Morgan fingerprint density at radius 1 is 0.704 bits per heavy atom. The molecule has 0 aliphatic carbocycles. The molecule has 0 aliphatic heterocycles. The van der Waals surface area contributed by atoms with Gasteiger partial charge >= 0.3 is 0 Å². The fourth-order valence-electron chi connectivity index (χ4n) is 2.88. The second-order valence-corrected chi connectivity index (χ2v) is 5.93. The largest absolute Gasteiger partial charge is 0.461 e. The average molecular weight is 405 g/mol. The van der Waals surface area contributed by atoms with Gasteiger partial charge in [-0.15, -0.1) is 24.8 Å². The Morgan fingerprint density at radius 2 is 1.11 bits per heavy atom. The van der Waals surface area contributed by atoms with E-state index in [1.54, 1.807) is 12.1 Å². The van der Waals surface area contributed by atoms with Gasteiger partial charge in [-0.05, 0) is 48.5 Å². The highest BCUT2D eigenvalue weighted by Gasteiger charge is 2.11. The molecule has 27 heavy (non-hydrogen) atoms. The minimum Gasteiger partial charge on any atom is -0.461 e. The van der Waals surface area contributed by atoms with Gasteiger partial charge < -0.3 is 20.3 Å². The van der Waals surface area contributed by atoms with Crippen molar-refractivity contribution in [2.45, 2.75) is 6.42 Å². The van der Waals surface area contributed by atoms with Crippen LogP contribution < -0.4 is 11.5 Å². The number of hydrogen-bond acceptors (Lipinski definition) is 4. The zero-order valence-electron chi connectivity index (χ0n) is 14.1. The van der Waals surface area contributed by atoms with E-state index >= 15 is 0 Å². The average Bonchev–Trinajstić information content (AvgIpc) is 3.15. The first-order chi connectivity index (χ1) is 12.0. The number of furan rings is 2. The van der Waals surface area contributed by atoms with Crippen LogP contribution in [0.1, 0.15) is 22.6 Å². The van der Waals surface area contributed by atoms with E-state index in [-0.39, 0.29) is 36.5 Å². The molecule has 0 atom stereocenters. The van der Waals surface area contributed by atoms with E-state index in [1.165, 1.54) is 0 Å². The third kappa shape index (κ3) is 3.92. The van der Waals surface area contributed by atoms with Gasteiger partial charge in [0.2, 0.25) is 0 Å². The second-order valence-electron chi connectivity index (χ2n) is 5.93. The van der Waals surface area contributed by atoms with Gasteiger partial charge in [0.25, 0.3) is 0 Å². The van der Waals surface area contributed by atoms with Crippen molar-refractivity contribution in [2.75, 3.05) is 0 Å². The third-order valence-electron chi connectivity index (χ3n) is 4.11. The lowest BCUT2D eigenvalue weighted by Gasteiger charge is -1.96. The Labute approximate surface area is 167 Å². The van der Waals surface area contributed by atoms with Crippen LogP contribution in [0.25, 0.3) is 21.9 Å². The predicted molar refractivity (Wildman–Crippen MR) is 112 cm³/mol. The standard InChI is InChI=1S/C19H16N4O2.2ClH/c20-18(21)10-1-3-16-12(5-10)7-14(24-16)9-15-8-13-6-11(19(22)23)2-4-17(13)25-15;;/h1-8H,9H2,(H3,20,21)(H3,22,23);2*1H. The maximum Gasteiger partial charge on any atom is 0.134 e. The van der Waals surface area contributed by atoms with E-state index in [0.29, 0.717) is 17.5 Å². The quantitative estimate of drug-likeness (QED) is 0.300. The lowest BCUT2D eigenvalue weighted by molar-refractivity contribution is 0.512. The van der Waals surface area contributed by atoms with Gasteiger partial charge in [-0.1, -0.05) is 0 Å². The molecule has 4 rings (SSSR count). The summed E-state index contributed by atoms with van der Waals surface area (Å²) >= 11 is 0. The predicted octanol–water partition coefficient (Wildman–Crippen LogP) is 4.18. The van der Waals surface area contributed by atoms with Crippen molar-refractivity contribution in [1.82, 2.24) is 0 Å². The smallest absolute Gasteiger partial charge is 0.134 e. The van der Waals surface area contributed by atoms with Crippen LogP contribution in [0.2, 0.25) is 0 Å². The third-order valence-corrected chi connectivity index (χ3v) is 4.11. The molecule has 0 fully saturated rings. The summed E-state index contributed by atoms with van der Waals surface area (Å²) in [5.74, 6) is 1.59. The molecule has 6 nitrogen and oxygen atoms in total. The first-order valence-corrected chi connectivity index (χ1v) is 7.73. The lowest BCUT2D eigenvalue weighted by atomic mass is 10.1. The summed E-state index contributed by atoms with van der Waals surface area (Å²) in [6.07, 6.45) is 0.508. The molecule has 140 valence electrons.